The van der Waals surface area contributed by atoms with Gasteiger partial charge in [0.2, 0.25) is 0 Å². The Bertz CT molecular complexity index is 756. The number of rotatable bonds is 5. The molecule has 2 aromatic rings. The summed E-state index contributed by atoms with van der Waals surface area (Å²) in [5, 5.41) is 24.0. The highest BCUT2D eigenvalue weighted by molar-refractivity contribution is 5.95. The number of nitrogens with one attached hydrogen (secondary N) is 1. The van der Waals surface area contributed by atoms with Gasteiger partial charge in [-0.2, -0.15) is 5.10 Å². The zero-order valence-corrected chi connectivity index (χ0v) is 12.1. The minimum Gasteiger partial charge on any atom is -0.507 e. The van der Waals surface area contributed by atoms with E-state index in [2.05, 4.69) is 10.5 Å². The monoisotopic (exact) mass is 315 g/mol. The maximum absolute atomic E-state index is 11.8. The highest BCUT2D eigenvalue weighted by Crippen LogP contribution is 2.21. The van der Waals surface area contributed by atoms with Crippen molar-refractivity contribution in [2.45, 2.75) is 0 Å². The van der Waals surface area contributed by atoms with Crippen LogP contribution in [0.1, 0.15) is 15.9 Å². The lowest BCUT2D eigenvalue weighted by Gasteiger charge is -2.03. The average molecular weight is 315 g/mol. The fourth-order valence-electron chi connectivity index (χ4n) is 1.72. The highest BCUT2D eigenvalue weighted by atomic mass is 16.6. The molecule has 0 aliphatic rings. The second-order valence-corrected chi connectivity index (χ2v) is 4.43. The van der Waals surface area contributed by atoms with Crippen molar-refractivity contribution < 1.29 is 19.6 Å². The lowest BCUT2D eigenvalue weighted by molar-refractivity contribution is -0.384. The molecule has 0 saturated heterocycles. The van der Waals surface area contributed by atoms with Crippen LogP contribution in [0.4, 0.5) is 5.69 Å². The molecule has 0 aliphatic carbocycles. The van der Waals surface area contributed by atoms with Gasteiger partial charge in [-0.15, -0.1) is 0 Å². The van der Waals surface area contributed by atoms with E-state index in [1.54, 1.807) is 12.1 Å². The Balaban J connectivity index is 2.02. The van der Waals surface area contributed by atoms with Gasteiger partial charge in [-0.05, 0) is 24.3 Å². The molecule has 2 N–H and O–H groups in total. The summed E-state index contributed by atoms with van der Waals surface area (Å²) >= 11 is 0. The number of hydrogen-bond donors (Lipinski definition) is 2. The van der Waals surface area contributed by atoms with Crippen molar-refractivity contribution in [3.8, 4) is 11.5 Å². The molecular weight excluding hydrogens is 302 g/mol. The Morgan fingerprint density at radius 1 is 1.30 bits per heavy atom. The van der Waals surface area contributed by atoms with Crippen LogP contribution in [0.5, 0.6) is 11.5 Å². The van der Waals surface area contributed by atoms with E-state index in [9.17, 15) is 20.0 Å². The van der Waals surface area contributed by atoms with Crippen LogP contribution < -0.4 is 10.2 Å². The molecule has 1 amide bonds. The standard InChI is InChI=1S/C15H13N3O5/c1-23-13-7-4-11(14(19)8-13)9-16-17-15(20)10-2-5-12(6-3-10)18(21)22/h2-9,19H,1H3,(H,17,20)/b16-9+. The lowest BCUT2D eigenvalue weighted by atomic mass is 10.2. The van der Waals surface area contributed by atoms with Crippen molar-refractivity contribution in [1.82, 2.24) is 5.43 Å². The first-order valence-corrected chi connectivity index (χ1v) is 6.46. The van der Waals surface area contributed by atoms with Gasteiger partial charge in [-0.1, -0.05) is 0 Å². The van der Waals surface area contributed by atoms with Gasteiger partial charge < -0.3 is 9.84 Å². The Morgan fingerprint density at radius 2 is 2.00 bits per heavy atom. The Hall–Kier alpha value is -3.42. The number of carbonyl (C=O) groups is 1. The lowest BCUT2D eigenvalue weighted by Crippen LogP contribution is -2.17. The van der Waals surface area contributed by atoms with Gasteiger partial charge in [-0.25, -0.2) is 5.43 Å². The third-order valence-corrected chi connectivity index (χ3v) is 2.95. The van der Waals surface area contributed by atoms with Crippen molar-refractivity contribution in [1.29, 1.82) is 0 Å². The number of phenols is 1. The Labute approximate surface area is 131 Å². The van der Waals surface area contributed by atoms with Gasteiger partial charge >= 0.3 is 0 Å². The largest absolute Gasteiger partial charge is 0.507 e. The second-order valence-electron chi connectivity index (χ2n) is 4.43. The average Bonchev–Trinajstić information content (AvgIpc) is 2.56. The van der Waals surface area contributed by atoms with Gasteiger partial charge in [0.25, 0.3) is 11.6 Å². The minimum absolute atomic E-state index is 0.0438. The molecule has 23 heavy (non-hydrogen) atoms. The van der Waals surface area contributed by atoms with Gasteiger partial charge in [0.05, 0.1) is 18.2 Å². The molecule has 2 aromatic carbocycles. The quantitative estimate of drug-likeness (QED) is 0.498. The SMILES string of the molecule is COc1ccc(/C=N/NC(=O)c2ccc([N+](=O)[O-])cc2)c(O)c1. The van der Waals surface area contributed by atoms with Crippen molar-refractivity contribution in [2.24, 2.45) is 5.10 Å². The summed E-state index contributed by atoms with van der Waals surface area (Å²) in [7, 11) is 1.48. The molecule has 0 fully saturated rings. The summed E-state index contributed by atoms with van der Waals surface area (Å²) in [4.78, 5) is 21.8. The summed E-state index contributed by atoms with van der Waals surface area (Å²) in [5.74, 6) is -0.0728. The molecule has 0 saturated carbocycles. The first kappa shape index (κ1) is 16.0. The number of phenolic OH excluding ortho intramolecular Hbond substituents is 1. The summed E-state index contributed by atoms with van der Waals surface area (Å²) in [5.41, 5.74) is 2.79. The van der Waals surface area contributed by atoms with Gasteiger partial charge in [0.1, 0.15) is 11.5 Å². The number of amides is 1. The third-order valence-electron chi connectivity index (χ3n) is 2.95. The number of nitro groups is 1. The number of hydrazone groups is 1. The van der Waals surface area contributed by atoms with Crippen molar-refractivity contribution in [3.05, 3.63) is 63.7 Å². The summed E-state index contributed by atoms with van der Waals surface area (Å²) < 4.78 is 4.95. The van der Waals surface area contributed by atoms with Crippen molar-refractivity contribution in [2.75, 3.05) is 7.11 Å². The van der Waals surface area contributed by atoms with E-state index in [4.69, 9.17) is 4.74 Å². The molecule has 0 spiro atoms. The van der Waals surface area contributed by atoms with Crippen LogP contribution in [0.2, 0.25) is 0 Å². The molecule has 0 bridgehead atoms. The van der Waals surface area contributed by atoms with Crippen LogP contribution in [-0.2, 0) is 0 Å². The number of hydrogen-bond acceptors (Lipinski definition) is 6. The van der Waals surface area contributed by atoms with Crippen LogP contribution >= 0.6 is 0 Å². The number of benzene rings is 2. The van der Waals surface area contributed by atoms with Crippen molar-refractivity contribution >= 4 is 17.8 Å². The molecular formula is C15H13N3O5. The van der Waals surface area contributed by atoms with E-state index in [1.165, 1.54) is 43.7 Å². The highest BCUT2D eigenvalue weighted by Gasteiger charge is 2.08. The molecule has 0 heterocycles. The van der Waals surface area contributed by atoms with Crippen LogP contribution in [0.3, 0.4) is 0 Å². The second kappa shape index (κ2) is 7.03. The molecule has 0 unspecified atom stereocenters. The van der Waals surface area contributed by atoms with Crippen molar-refractivity contribution in [3.63, 3.8) is 0 Å². The molecule has 0 aliphatic heterocycles. The van der Waals surface area contributed by atoms with E-state index in [0.717, 1.165) is 0 Å². The minimum atomic E-state index is -0.549. The maximum atomic E-state index is 11.8. The van der Waals surface area contributed by atoms with Gasteiger partial charge in [0.15, 0.2) is 0 Å². The predicted molar refractivity (Wildman–Crippen MR) is 82.8 cm³/mol. The number of non-ortho nitro benzene ring substituents is 1. The number of ether oxygens (including phenoxy) is 1. The van der Waals surface area contributed by atoms with Crippen LogP contribution in [0, 0.1) is 10.1 Å². The van der Waals surface area contributed by atoms with Crippen LogP contribution in [0.15, 0.2) is 47.6 Å². The fraction of sp³-hybridized carbons (Fsp3) is 0.0667. The van der Waals surface area contributed by atoms with Crippen LogP contribution in [-0.4, -0.2) is 29.3 Å². The summed E-state index contributed by atoms with van der Waals surface area (Å²) in [6.45, 7) is 0. The molecule has 8 nitrogen and oxygen atoms in total. The Kier molecular flexibility index (Phi) is 4.88. The van der Waals surface area contributed by atoms with E-state index >= 15 is 0 Å². The number of nitro benzene ring substituents is 1. The van der Waals surface area contributed by atoms with Gasteiger partial charge in [-0.3, -0.25) is 14.9 Å². The maximum Gasteiger partial charge on any atom is 0.271 e. The Morgan fingerprint density at radius 3 is 2.57 bits per heavy atom. The number of methoxy groups -OCH3 is 1. The molecule has 0 aromatic heterocycles. The summed E-state index contributed by atoms with van der Waals surface area (Å²) in [6.07, 6.45) is 1.28. The number of carbonyl (C=O) groups excluding carboxylic acids is 1. The molecule has 2 rings (SSSR count). The van der Waals surface area contributed by atoms with Gasteiger partial charge in [0, 0.05) is 29.3 Å². The normalized spacial score (nSPS) is 10.5. The van der Waals surface area contributed by atoms with E-state index in [0.29, 0.717) is 11.3 Å². The number of nitrogens with zero attached hydrogens (tertiary/aromatic N) is 2. The first-order valence-electron chi connectivity index (χ1n) is 6.46. The molecule has 118 valence electrons. The molecule has 0 atom stereocenters. The summed E-state index contributed by atoms with van der Waals surface area (Å²) in [6, 6.07) is 9.75. The van der Waals surface area contributed by atoms with Crippen LogP contribution in [0.25, 0.3) is 0 Å². The predicted octanol–water partition coefficient (Wildman–Crippen LogP) is 2.07. The smallest absolute Gasteiger partial charge is 0.271 e. The number of aromatic hydroxyl groups is 1. The molecule has 0 radical (unpaired) electrons. The van der Waals surface area contributed by atoms with E-state index < -0.39 is 10.8 Å². The zero-order valence-electron chi connectivity index (χ0n) is 12.1. The fourth-order valence-corrected chi connectivity index (χ4v) is 1.72. The molecule has 8 heteroatoms. The van der Waals surface area contributed by atoms with E-state index in [-0.39, 0.29) is 17.0 Å². The topological polar surface area (TPSA) is 114 Å². The first-order chi connectivity index (χ1) is 11.0. The zero-order chi connectivity index (χ0) is 16.8. The third kappa shape index (κ3) is 4.03. The van der Waals surface area contributed by atoms with E-state index in [1.807, 2.05) is 0 Å².